The van der Waals surface area contributed by atoms with E-state index in [2.05, 4.69) is 30.4 Å². The van der Waals surface area contributed by atoms with Crippen molar-refractivity contribution in [3.63, 3.8) is 0 Å². The fraction of sp³-hybridized carbons (Fsp3) is 0.556. The number of nitrogens with zero attached hydrogens (tertiary/aromatic N) is 6. The number of hydrogen-bond donors (Lipinski definition) is 1. The van der Waals surface area contributed by atoms with Gasteiger partial charge >= 0.3 is 0 Å². The molecule has 1 aliphatic heterocycles. The third kappa shape index (κ3) is 2.65. The lowest BCUT2D eigenvalue weighted by Crippen LogP contribution is -2.33. The number of likely N-dealkylation sites (tertiary alicyclic amines) is 1. The van der Waals surface area contributed by atoms with Crippen LogP contribution >= 0.6 is 0 Å². The summed E-state index contributed by atoms with van der Waals surface area (Å²) < 4.78 is 7.07. The average molecular weight is 353 g/mol. The Kier molecular flexibility index (Phi) is 3.85. The van der Waals surface area contributed by atoms with Crippen LogP contribution in [0, 0.1) is 0 Å². The number of rotatable bonds is 4. The largest absolute Gasteiger partial charge is 0.480 e. The summed E-state index contributed by atoms with van der Waals surface area (Å²) in [4.78, 5) is 2.50. The van der Waals surface area contributed by atoms with Crippen molar-refractivity contribution >= 4 is 5.65 Å². The molecule has 0 spiro atoms. The van der Waals surface area contributed by atoms with E-state index in [9.17, 15) is 0 Å². The highest BCUT2D eigenvalue weighted by Crippen LogP contribution is 2.29. The molecule has 1 aliphatic carbocycles. The molecule has 3 aromatic rings. The fourth-order valence-electron chi connectivity index (χ4n) is 4.23. The summed E-state index contributed by atoms with van der Waals surface area (Å²) in [6.07, 6.45) is 5.71. The summed E-state index contributed by atoms with van der Waals surface area (Å²) in [5.41, 5.74) is 4.84. The first kappa shape index (κ1) is 15.7. The Hall–Kier alpha value is -2.48. The molecular weight excluding hydrogens is 330 g/mol. The number of H-pyrrole nitrogens is 1. The van der Waals surface area contributed by atoms with E-state index in [4.69, 9.17) is 4.74 Å². The summed E-state index contributed by atoms with van der Waals surface area (Å²) in [5.74, 6) is 1.91. The van der Waals surface area contributed by atoms with E-state index in [1.807, 2.05) is 16.6 Å². The molecule has 136 valence electrons. The molecule has 0 atom stereocenters. The first-order valence-corrected chi connectivity index (χ1v) is 9.35. The Labute approximate surface area is 151 Å². The highest BCUT2D eigenvalue weighted by molar-refractivity contribution is 5.38. The molecule has 8 nitrogen and oxygen atoms in total. The van der Waals surface area contributed by atoms with Crippen molar-refractivity contribution in [2.45, 2.75) is 44.6 Å². The summed E-state index contributed by atoms with van der Waals surface area (Å²) in [6, 6.07) is 3.72. The van der Waals surface area contributed by atoms with E-state index in [1.165, 1.54) is 29.8 Å². The zero-order chi connectivity index (χ0) is 17.5. The lowest BCUT2D eigenvalue weighted by atomic mass is 9.96. The van der Waals surface area contributed by atoms with E-state index in [0.717, 1.165) is 50.4 Å². The molecule has 8 heteroatoms. The maximum atomic E-state index is 5.24. The number of ether oxygens (including phenoxy) is 1. The molecular formula is C18H23N7O. The standard InChI is InChI=1S/C18H23N7O/c1-26-17-6-5-16-21-22-18(25(16)23-17)12-7-9-24(10-8-12)11-15-13-3-2-4-14(13)19-20-15/h5-6,12H,2-4,7-11H2,1H3,(H,19,20). The van der Waals surface area contributed by atoms with Crippen LogP contribution in [0.1, 0.15) is 48.0 Å². The first-order valence-electron chi connectivity index (χ1n) is 9.35. The van der Waals surface area contributed by atoms with Gasteiger partial charge in [-0.2, -0.15) is 9.61 Å². The topological polar surface area (TPSA) is 84.2 Å². The molecule has 1 fully saturated rings. The zero-order valence-electron chi connectivity index (χ0n) is 15.0. The molecule has 0 aromatic carbocycles. The third-order valence-electron chi connectivity index (χ3n) is 5.69. The number of piperidine rings is 1. The van der Waals surface area contributed by atoms with Crippen molar-refractivity contribution in [3.8, 4) is 5.88 Å². The van der Waals surface area contributed by atoms with E-state index >= 15 is 0 Å². The van der Waals surface area contributed by atoms with Crippen molar-refractivity contribution in [2.24, 2.45) is 0 Å². The maximum Gasteiger partial charge on any atom is 0.231 e. The first-order chi connectivity index (χ1) is 12.8. The smallest absolute Gasteiger partial charge is 0.231 e. The van der Waals surface area contributed by atoms with Crippen LogP contribution in [0.5, 0.6) is 5.88 Å². The molecule has 0 radical (unpaired) electrons. The quantitative estimate of drug-likeness (QED) is 0.769. The second kappa shape index (κ2) is 6.35. The summed E-state index contributed by atoms with van der Waals surface area (Å²) >= 11 is 0. The number of aryl methyl sites for hydroxylation is 1. The number of fused-ring (bicyclic) bond motifs is 2. The normalized spacial score (nSPS) is 18.5. The van der Waals surface area contributed by atoms with Gasteiger partial charge in [-0.05, 0) is 56.8 Å². The zero-order valence-corrected chi connectivity index (χ0v) is 15.0. The van der Waals surface area contributed by atoms with Crippen LogP contribution in [-0.2, 0) is 19.4 Å². The minimum absolute atomic E-state index is 0.380. The van der Waals surface area contributed by atoms with Crippen LogP contribution < -0.4 is 4.74 Å². The number of hydrogen-bond acceptors (Lipinski definition) is 6. The van der Waals surface area contributed by atoms with Crippen molar-refractivity contribution in [1.29, 1.82) is 0 Å². The van der Waals surface area contributed by atoms with Crippen LogP contribution in [0.4, 0.5) is 0 Å². The molecule has 3 aromatic heterocycles. The van der Waals surface area contributed by atoms with E-state index < -0.39 is 0 Å². The monoisotopic (exact) mass is 353 g/mol. The summed E-state index contributed by atoms with van der Waals surface area (Å²) in [6.45, 7) is 3.04. The van der Waals surface area contributed by atoms with Gasteiger partial charge in [0.1, 0.15) is 0 Å². The highest BCUT2D eigenvalue weighted by atomic mass is 16.5. The molecule has 1 saturated heterocycles. The third-order valence-corrected chi connectivity index (χ3v) is 5.69. The van der Waals surface area contributed by atoms with Gasteiger partial charge in [-0.3, -0.25) is 10.00 Å². The SMILES string of the molecule is COc1ccc2nnc(C3CCN(Cc4n[nH]c5c4CCC5)CC3)n2n1. The Morgan fingerprint density at radius 2 is 2.08 bits per heavy atom. The van der Waals surface area contributed by atoms with Crippen LogP contribution in [0.3, 0.4) is 0 Å². The van der Waals surface area contributed by atoms with Gasteiger partial charge in [0.2, 0.25) is 5.88 Å². The van der Waals surface area contributed by atoms with Crippen LogP contribution in [0.2, 0.25) is 0 Å². The molecule has 5 rings (SSSR count). The molecule has 0 bridgehead atoms. The maximum absolute atomic E-state index is 5.24. The van der Waals surface area contributed by atoms with Gasteiger partial charge in [-0.15, -0.1) is 15.3 Å². The number of aromatic amines is 1. The minimum Gasteiger partial charge on any atom is -0.480 e. The Morgan fingerprint density at radius 1 is 1.19 bits per heavy atom. The van der Waals surface area contributed by atoms with Gasteiger partial charge in [0.05, 0.1) is 12.8 Å². The number of methoxy groups -OCH3 is 1. The molecule has 0 unspecified atom stereocenters. The molecule has 0 amide bonds. The van der Waals surface area contributed by atoms with Gasteiger partial charge in [-0.1, -0.05) is 0 Å². The molecule has 0 saturated carbocycles. The highest BCUT2D eigenvalue weighted by Gasteiger charge is 2.27. The van der Waals surface area contributed by atoms with E-state index in [1.54, 1.807) is 7.11 Å². The molecule has 2 aliphatic rings. The summed E-state index contributed by atoms with van der Waals surface area (Å²) in [5, 5.41) is 20.9. The van der Waals surface area contributed by atoms with Crippen molar-refractivity contribution in [3.05, 3.63) is 34.9 Å². The lowest BCUT2D eigenvalue weighted by Gasteiger charge is -2.30. The predicted molar refractivity (Wildman–Crippen MR) is 95.2 cm³/mol. The summed E-state index contributed by atoms with van der Waals surface area (Å²) in [7, 11) is 1.63. The number of aromatic nitrogens is 6. The number of nitrogens with one attached hydrogen (secondary N) is 1. The van der Waals surface area contributed by atoms with Crippen LogP contribution in [-0.4, -0.2) is 55.1 Å². The lowest BCUT2D eigenvalue weighted by molar-refractivity contribution is 0.198. The Morgan fingerprint density at radius 3 is 2.92 bits per heavy atom. The van der Waals surface area contributed by atoms with Crippen LogP contribution in [0.25, 0.3) is 5.65 Å². The van der Waals surface area contributed by atoms with E-state index in [0.29, 0.717) is 11.8 Å². The van der Waals surface area contributed by atoms with Crippen molar-refractivity contribution in [1.82, 2.24) is 34.9 Å². The Balaban J connectivity index is 1.28. The van der Waals surface area contributed by atoms with Gasteiger partial charge in [0.25, 0.3) is 0 Å². The predicted octanol–water partition coefficient (Wildman–Crippen LogP) is 1.72. The van der Waals surface area contributed by atoms with Crippen molar-refractivity contribution < 1.29 is 4.74 Å². The van der Waals surface area contributed by atoms with Gasteiger partial charge in [-0.25, -0.2) is 0 Å². The van der Waals surface area contributed by atoms with Gasteiger partial charge in [0.15, 0.2) is 11.5 Å². The Bertz CT molecular complexity index is 923. The van der Waals surface area contributed by atoms with Crippen molar-refractivity contribution in [2.75, 3.05) is 20.2 Å². The average Bonchev–Trinajstić information content (AvgIpc) is 3.39. The molecule has 26 heavy (non-hydrogen) atoms. The molecule has 4 heterocycles. The van der Waals surface area contributed by atoms with Gasteiger partial charge < -0.3 is 4.74 Å². The second-order valence-corrected chi connectivity index (χ2v) is 7.24. The van der Waals surface area contributed by atoms with Gasteiger partial charge in [0, 0.05) is 24.2 Å². The second-order valence-electron chi connectivity index (χ2n) is 7.24. The fourth-order valence-corrected chi connectivity index (χ4v) is 4.23. The van der Waals surface area contributed by atoms with Crippen LogP contribution in [0.15, 0.2) is 12.1 Å². The van der Waals surface area contributed by atoms with E-state index in [-0.39, 0.29) is 0 Å². The minimum atomic E-state index is 0.380. The molecule has 1 N–H and O–H groups in total.